The summed E-state index contributed by atoms with van der Waals surface area (Å²) in [5.74, 6) is 1.89. The molecule has 0 spiro atoms. The molecule has 3 aromatic rings. The number of benzene rings is 1. The molecule has 2 aromatic heterocycles. The highest BCUT2D eigenvalue weighted by Crippen LogP contribution is 2.33. The molecule has 0 aliphatic heterocycles. The second-order valence-electron chi connectivity index (χ2n) is 7.88. The summed E-state index contributed by atoms with van der Waals surface area (Å²) < 4.78 is 12.4. The first-order chi connectivity index (χ1) is 14.2. The number of hydrogen-bond donors (Lipinski definition) is 2. The average molecular weight is 435 g/mol. The lowest BCUT2D eigenvalue weighted by Crippen LogP contribution is -2.33. The van der Waals surface area contributed by atoms with Crippen molar-refractivity contribution in [1.82, 2.24) is 24.9 Å². The number of aromatic nitrogens is 4. The van der Waals surface area contributed by atoms with Crippen LogP contribution in [0.5, 0.6) is 5.75 Å². The van der Waals surface area contributed by atoms with Crippen LogP contribution in [0.4, 0.5) is 10.6 Å². The van der Waals surface area contributed by atoms with Gasteiger partial charge < -0.3 is 20.1 Å². The summed E-state index contributed by atoms with van der Waals surface area (Å²) in [5.41, 5.74) is 1.55. The third-order valence-corrected chi connectivity index (χ3v) is 4.71. The first-order valence-corrected chi connectivity index (χ1v) is 10.2. The molecule has 2 N–H and O–H groups in total. The van der Waals surface area contributed by atoms with Crippen molar-refractivity contribution in [3.63, 3.8) is 0 Å². The molecule has 1 aromatic carbocycles. The van der Waals surface area contributed by atoms with E-state index in [9.17, 15) is 4.79 Å². The molecule has 2 heterocycles. The summed E-state index contributed by atoms with van der Waals surface area (Å²) in [6, 6.07) is 3.69. The van der Waals surface area contributed by atoms with Crippen molar-refractivity contribution < 1.29 is 14.3 Å². The van der Waals surface area contributed by atoms with Crippen molar-refractivity contribution >= 4 is 40.2 Å². The van der Waals surface area contributed by atoms with Gasteiger partial charge in [0.2, 0.25) is 5.65 Å². The van der Waals surface area contributed by atoms with Crippen molar-refractivity contribution in [2.24, 2.45) is 0 Å². The highest BCUT2D eigenvalue weighted by molar-refractivity contribution is 6.36. The summed E-state index contributed by atoms with van der Waals surface area (Å²) in [4.78, 5) is 16.3. The minimum absolute atomic E-state index is 0.407. The number of ether oxygens (including phenoxy) is 2. The SMILES string of the molecule is COc1ccc2c(nc(NCCCCNC(=O)OC(C)(C)C)c3nnc(C)n32)c1Cl. The molecule has 0 atom stereocenters. The molecule has 162 valence electrons. The Labute approximate surface area is 180 Å². The zero-order valence-electron chi connectivity index (χ0n) is 17.9. The fourth-order valence-electron chi connectivity index (χ4n) is 3.03. The van der Waals surface area contributed by atoms with Gasteiger partial charge in [-0.15, -0.1) is 10.2 Å². The molecular formula is C20H27ClN6O3. The lowest BCUT2D eigenvalue weighted by atomic mass is 10.2. The van der Waals surface area contributed by atoms with Gasteiger partial charge in [0.05, 0.1) is 12.6 Å². The Balaban J connectivity index is 1.67. The maximum absolute atomic E-state index is 11.7. The van der Waals surface area contributed by atoms with Crippen LogP contribution in [-0.4, -0.2) is 51.5 Å². The number of nitrogens with one attached hydrogen (secondary N) is 2. The Bertz CT molecular complexity index is 1060. The molecular weight excluding hydrogens is 408 g/mol. The molecule has 0 saturated carbocycles. The van der Waals surface area contributed by atoms with Gasteiger partial charge in [-0.25, -0.2) is 9.78 Å². The predicted octanol–water partition coefficient (Wildman–Crippen LogP) is 3.96. The lowest BCUT2D eigenvalue weighted by Gasteiger charge is -2.19. The fraction of sp³-hybridized carbons (Fsp3) is 0.500. The normalized spacial score (nSPS) is 11.7. The number of hydrogen-bond acceptors (Lipinski definition) is 7. The zero-order chi connectivity index (χ0) is 21.9. The average Bonchev–Trinajstić information content (AvgIpc) is 3.06. The van der Waals surface area contributed by atoms with Crippen LogP contribution in [0.15, 0.2) is 12.1 Å². The quantitative estimate of drug-likeness (QED) is 0.542. The number of halogens is 1. The van der Waals surface area contributed by atoms with E-state index in [-0.39, 0.29) is 0 Å². The highest BCUT2D eigenvalue weighted by Gasteiger charge is 2.17. The molecule has 10 heteroatoms. The molecule has 0 aliphatic carbocycles. The molecule has 3 rings (SSSR count). The van der Waals surface area contributed by atoms with Crippen LogP contribution in [0.1, 0.15) is 39.4 Å². The van der Waals surface area contributed by atoms with Gasteiger partial charge in [-0.2, -0.15) is 0 Å². The Kier molecular flexibility index (Phi) is 6.50. The summed E-state index contributed by atoms with van der Waals surface area (Å²) in [6.07, 6.45) is 1.20. The smallest absolute Gasteiger partial charge is 0.407 e. The minimum Gasteiger partial charge on any atom is -0.495 e. The molecule has 0 bridgehead atoms. The Hall–Kier alpha value is -2.81. The van der Waals surface area contributed by atoms with E-state index in [4.69, 9.17) is 21.1 Å². The van der Waals surface area contributed by atoms with Gasteiger partial charge in [0, 0.05) is 13.1 Å². The number of anilines is 1. The number of fused-ring (bicyclic) bond motifs is 3. The van der Waals surface area contributed by atoms with Crippen molar-refractivity contribution in [2.45, 2.75) is 46.1 Å². The molecule has 9 nitrogen and oxygen atoms in total. The van der Waals surface area contributed by atoms with E-state index < -0.39 is 11.7 Å². The second kappa shape index (κ2) is 8.91. The van der Waals surface area contributed by atoms with Crippen LogP contribution in [0.3, 0.4) is 0 Å². The van der Waals surface area contributed by atoms with E-state index >= 15 is 0 Å². The Morgan fingerprint density at radius 2 is 1.93 bits per heavy atom. The zero-order valence-corrected chi connectivity index (χ0v) is 18.6. The number of aryl methyl sites for hydroxylation is 1. The summed E-state index contributed by atoms with van der Waals surface area (Å²) in [7, 11) is 1.57. The van der Waals surface area contributed by atoms with E-state index in [1.807, 2.05) is 38.2 Å². The standard InChI is InChI=1S/C20H27ClN6O3/c1-12-25-26-18-17(22-10-6-7-11-23-19(28)30-20(2,3)4)24-16-13(27(12)18)8-9-14(29-5)15(16)21/h8-9H,6-7,10-11H2,1-5H3,(H,22,24)(H,23,28). The van der Waals surface area contributed by atoms with Crippen LogP contribution in [0, 0.1) is 6.92 Å². The highest BCUT2D eigenvalue weighted by atomic mass is 35.5. The van der Waals surface area contributed by atoms with Gasteiger partial charge in [0.1, 0.15) is 27.7 Å². The number of unbranched alkanes of at least 4 members (excludes halogenated alkanes) is 1. The molecule has 0 radical (unpaired) electrons. The van der Waals surface area contributed by atoms with E-state index in [0.29, 0.717) is 40.8 Å². The number of rotatable bonds is 7. The number of nitrogens with zero attached hydrogens (tertiary/aromatic N) is 4. The molecule has 0 aliphatic rings. The molecule has 0 saturated heterocycles. The maximum atomic E-state index is 11.7. The first-order valence-electron chi connectivity index (χ1n) is 9.80. The fourth-order valence-corrected chi connectivity index (χ4v) is 3.31. The summed E-state index contributed by atoms with van der Waals surface area (Å²) in [5, 5.41) is 14.9. The van der Waals surface area contributed by atoms with Gasteiger partial charge in [-0.3, -0.25) is 4.40 Å². The van der Waals surface area contributed by atoms with Gasteiger partial charge in [0.25, 0.3) is 0 Å². The molecule has 30 heavy (non-hydrogen) atoms. The second-order valence-corrected chi connectivity index (χ2v) is 8.26. The van der Waals surface area contributed by atoms with Gasteiger partial charge in [-0.1, -0.05) is 11.6 Å². The van der Waals surface area contributed by atoms with Crippen LogP contribution in [-0.2, 0) is 4.74 Å². The monoisotopic (exact) mass is 434 g/mol. The maximum Gasteiger partial charge on any atom is 0.407 e. The lowest BCUT2D eigenvalue weighted by molar-refractivity contribution is 0.0527. The van der Waals surface area contributed by atoms with E-state index in [1.165, 1.54) is 0 Å². The van der Waals surface area contributed by atoms with E-state index in [1.54, 1.807) is 13.2 Å². The largest absolute Gasteiger partial charge is 0.495 e. The van der Waals surface area contributed by atoms with E-state index in [2.05, 4.69) is 25.8 Å². The molecule has 0 fully saturated rings. The van der Waals surface area contributed by atoms with Crippen LogP contribution < -0.4 is 15.4 Å². The Morgan fingerprint density at radius 3 is 2.63 bits per heavy atom. The predicted molar refractivity (Wildman–Crippen MR) is 117 cm³/mol. The number of carbonyl (C=O) groups excluding carboxylic acids is 1. The minimum atomic E-state index is -0.501. The van der Waals surface area contributed by atoms with Gasteiger partial charge in [-0.05, 0) is 52.7 Å². The third kappa shape index (κ3) is 4.84. The van der Waals surface area contributed by atoms with Gasteiger partial charge in [0.15, 0.2) is 5.82 Å². The third-order valence-electron chi connectivity index (χ3n) is 4.34. The van der Waals surface area contributed by atoms with Crippen molar-refractivity contribution in [1.29, 1.82) is 0 Å². The van der Waals surface area contributed by atoms with Gasteiger partial charge >= 0.3 is 6.09 Å². The van der Waals surface area contributed by atoms with Crippen LogP contribution >= 0.6 is 11.6 Å². The van der Waals surface area contributed by atoms with Crippen molar-refractivity contribution in [3.05, 3.63) is 23.0 Å². The number of amides is 1. The van der Waals surface area contributed by atoms with Crippen LogP contribution in [0.2, 0.25) is 5.02 Å². The van der Waals surface area contributed by atoms with Crippen molar-refractivity contribution in [3.8, 4) is 5.75 Å². The molecule has 1 amide bonds. The first kappa shape index (κ1) is 21.9. The summed E-state index contributed by atoms with van der Waals surface area (Å²) in [6.45, 7) is 8.57. The number of carbonyl (C=O) groups is 1. The Morgan fingerprint density at radius 1 is 1.20 bits per heavy atom. The number of alkyl carbamates (subject to hydrolysis) is 1. The summed E-state index contributed by atoms with van der Waals surface area (Å²) >= 11 is 6.49. The van der Waals surface area contributed by atoms with Crippen molar-refractivity contribution in [2.75, 3.05) is 25.5 Å². The van der Waals surface area contributed by atoms with E-state index in [0.717, 1.165) is 24.2 Å². The molecule has 0 unspecified atom stereocenters. The van der Waals surface area contributed by atoms with Crippen LogP contribution in [0.25, 0.3) is 16.7 Å². The number of methoxy groups -OCH3 is 1. The topological polar surface area (TPSA) is 103 Å².